The highest BCUT2D eigenvalue weighted by molar-refractivity contribution is 5.94. The third kappa shape index (κ3) is 4.50. The van der Waals surface area contributed by atoms with Crippen molar-refractivity contribution in [1.82, 2.24) is 20.3 Å². The molecule has 0 unspecified atom stereocenters. The van der Waals surface area contributed by atoms with Crippen molar-refractivity contribution in [1.29, 1.82) is 0 Å². The number of nitrogens with zero attached hydrogens (tertiary/aromatic N) is 3. The van der Waals surface area contributed by atoms with Crippen molar-refractivity contribution >= 4 is 5.91 Å². The maximum Gasteiger partial charge on any atom is 0.251 e. The first-order valence-corrected chi connectivity index (χ1v) is 9.04. The number of aromatic nitrogens is 3. The Kier molecular flexibility index (Phi) is 5.33. The fourth-order valence-electron chi connectivity index (χ4n) is 2.92. The molecule has 2 aromatic carbocycles. The molecule has 0 bridgehead atoms. The third-order valence-corrected chi connectivity index (χ3v) is 4.47. The molecule has 1 amide bonds. The molecule has 0 fully saturated rings. The maximum absolute atomic E-state index is 13.3. The van der Waals surface area contributed by atoms with Gasteiger partial charge in [-0.15, -0.1) is 0 Å². The van der Waals surface area contributed by atoms with Crippen LogP contribution in [0.25, 0.3) is 22.4 Å². The summed E-state index contributed by atoms with van der Waals surface area (Å²) >= 11 is 0. The first-order chi connectivity index (χ1) is 14.2. The van der Waals surface area contributed by atoms with Gasteiger partial charge in [0.05, 0.1) is 11.9 Å². The topological polar surface area (TPSA) is 67.8 Å². The lowest BCUT2D eigenvalue weighted by Gasteiger charge is -2.08. The zero-order valence-corrected chi connectivity index (χ0v) is 15.4. The van der Waals surface area contributed by atoms with Gasteiger partial charge < -0.3 is 5.32 Å². The molecule has 4 aromatic rings. The van der Waals surface area contributed by atoms with Crippen molar-refractivity contribution in [3.8, 4) is 22.4 Å². The first-order valence-electron chi connectivity index (χ1n) is 9.04. The van der Waals surface area contributed by atoms with Gasteiger partial charge in [0.15, 0.2) is 0 Å². The number of hydrogen-bond acceptors (Lipinski definition) is 4. The van der Waals surface area contributed by atoms with Crippen LogP contribution in [-0.2, 0) is 6.54 Å². The van der Waals surface area contributed by atoms with Crippen LogP contribution in [0.3, 0.4) is 0 Å². The molecule has 0 saturated carbocycles. The van der Waals surface area contributed by atoms with E-state index in [1.54, 1.807) is 36.8 Å². The smallest absolute Gasteiger partial charge is 0.251 e. The van der Waals surface area contributed by atoms with Crippen molar-refractivity contribution in [2.75, 3.05) is 0 Å². The Labute approximate surface area is 167 Å². The number of nitrogens with one attached hydrogen (secondary N) is 1. The zero-order chi connectivity index (χ0) is 20.1. The second-order valence-corrected chi connectivity index (χ2v) is 6.41. The lowest BCUT2D eigenvalue weighted by atomic mass is 10.0. The minimum atomic E-state index is -0.510. The SMILES string of the molecule is O=C(NCc1ccc(-c2ccnc(F)c2)cc1)c1ccc(-c2cnccn2)cc1. The molecule has 1 N–H and O–H groups in total. The molecule has 4 rings (SSSR count). The van der Waals surface area contributed by atoms with Crippen LogP contribution in [0.5, 0.6) is 0 Å². The van der Waals surface area contributed by atoms with E-state index in [1.807, 2.05) is 36.4 Å². The van der Waals surface area contributed by atoms with Gasteiger partial charge in [0, 0.05) is 42.3 Å². The van der Waals surface area contributed by atoms with E-state index in [0.717, 1.165) is 27.9 Å². The minimum Gasteiger partial charge on any atom is -0.348 e. The van der Waals surface area contributed by atoms with Crippen molar-refractivity contribution in [2.45, 2.75) is 6.54 Å². The minimum absolute atomic E-state index is 0.157. The first kappa shape index (κ1) is 18.4. The highest BCUT2D eigenvalue weighted by Gasteiger charge is 2.07. The van der Waals surface area contributed by atoms with Crippen molar-refractivity contribution in [3.05, 3.63) is 103 Å². The molecule has 29 heavy (non-hydrogen) atoms. The molecular weight excluding hydrogens is 367 g/mol. The summed E-state index contributed by atoms with van der Waals surface area (Å²) in [4.78, 5) is 24.3. The van der Waals surface area contributed by atoms with E-state index in [2.05, 4.69) is 20.3 Å². The Hall–Kier alpha value is -3.93. The van der Waals surface area contributed by atoms with Gasteiger partial charge in [0.2, 0.25) is 5.95 Å². The van der Waals surface area contributed by atoms with Crippen molar-refractivity contribution in [2.24, 2.45) is 0 Å². The van der Waals surface area contributed by atoms with Gasteiger partial charge in [-0.1, -0.05) is 36.4 Å². The predicted octanol–water partition coefficient (Wildman–Crippen LogP) is 4.27. The molecule has 0 atom stereocenters. The quantitative estimate of drug-likeness (QED) is 0.522. The van der Waals surface area contributed by atoms with Gasteiger partial charge in [-0.25, -0.2) is 4.98 Å². The molecule has 0 aliphatic carbocycles. The van der Waals surface area contributed by atoms with Crippen LogP contribution in [0.15, 0.2) is 85.5 Å². The monoisotopic (exact) mass is 384 g/mol. The van der Waals surface area contributed by atoms with Crippen LogP contribution in [-0.4, -0.2) is 20.9 Å². The number of carbonyl (C=O) groups is 1. The Morgan fingerprint density at radius 2 is 1.59 bits per heavy atom. The number of halogens is 1. The summed E-state index contributed by atoms with van der Waals surface area (Å²) < 4.78 is 13.3. The van der Waals surface area contributed by atoms with Crippen LogP contribution >= 0.6 is 0 Å². The summed E-state index contributed by atoms with van der Waals surface area (Å²) in [5.74, 6) is -0.667. The molecular formula is C23H17FN4O. The highest BCUT2D eigenvalue weighted by Crippen LogP contribution is 2.20. The van der Waals surface area contributed by atoms with Crippen LogP contribution in [0, 0.1) is 5.95 Å². The fourth-order valence-corrected chi connectivity index (χ4v) is 2.92. The van der Waals surface area contributed by atoms with Crippen LogP contribution < -0.4 is 5.32 Å². The molecule has 0 spiro atoms. The molecule has 0 radical (unpaired) electrons. The Bertz CT molecular complexity index is 1110. The third-order valence-electron chi connectivity index (χ3n) is 4.47. The fraction of sp³-hybridized carbons (Fsp3) is 0.0435. The number of carbonyl (C=O) groups excluding carboxylic acids is 1. The van der Waals surface area contributed by atoms with Gasteiger partial charge in [-0.2, -0.15) is 4.39 Å². The predicted molar refractivity (Wildman–Crippen MR) is 108 cm³/mol. The number of pyridine rings is 1. The lowest BCUT2D eigenvalue weighted by Crippen LogP contribution is -2.22. The normalized spacial score (nSPS) is 10.5. The summed E-state index contributed by atoms with van der Waals surface area (Å²) in [6.07, 6.45) is 6.37. The van der Waals surface area contributed by atoms with Crippen molar-refractivity contribution in [3.63, 3.8) is 0 Å². The standard InChI is InChI=1S/C23H17FN4O/c24-22-13-20(9-10-27-22)17-3-1-16(2-4-17)14-28-23(29)19-7-5-18(6-8-19)21-15-25-11-12-26-21/h1-13,15H,14H2,(H,28,29). The van der Waals surface area contributed by atoms with Gasteiger partial charge in [-0.05, 0) is 34.9 Å². The van der Waals surface area contributed by atoms with Gasteiger partial charge in [0.25, 0.3) is 5.91 Å². The summed E-state index contributed by atoms with van der Waals surface area (Å²) in [6, 6.07) is 18.0. The van der Waals surface area contributed by atoms with E-state index in [4.69, 9.17) is 0 Å². The van der Waals surface area contributed by atoms with Gasteiger partial charge in [0.1, 0.15) is 0 Å². The largest absolute Gasteiger partial charge is 0.348 e. The Balaban J connectivity index is 1.38. The summed E-state index contributed by atoms with van der Waals surface area (Å²) in [5, 5.41) is 2.91. The van der Waals surface area contributed by atoms with E-state index in [-0.39, 0.29) is 5.91 Å². The summed E-state index contributed by atoms with van der Waals surface area (Å²) in [5.41, 5.74) is 4.83. The van der Waals surface area contributed by atoms with E-state index in [1.165, 1.54) is 12.3 Å². The molecule has 0 saturated heterocycles. The van der Waals surface area contributed by atoms with E-state index >= 15 is 0 Å². The molecule has 2 heterocycles. The van der Waals surface area contributed by atoms with E-state index in [0.29, 0.717) is 12.1 Å². The van der Waals surface area contributed by atoms with Crippen molar-refractivity contribution < 1.29 is 9.18 Å². The maximum atomic E-state index is 13.3. The van der Waals surface area contributed by atoms with Crippen LogP contribution in [0.2, 0.25) is 0 Å². The van der Waals surface area contributed by atoms with E-state index < -0.39 is 5.95 Å². The molecule has 0 aliphatic rings. The Morgan fingerprint density at radius 1 is 0.828 bits per heavy atom. The van der Waals surface area contributed by atoms with Crippen LogP contribution in [0.4, 0.5) is 4.39 Å². The molecule has 0 aliphatic heterocycles. The number of benzene rings is 2. The second-order valence-electron chi connectivity index (χ2n) is 6.41. The average Bonchev–Trinajstić information content (AvgIpc) is 2.78. The second kappa shape index (κ2) is 8.39. The summed E-state index contributed by atoms with van der Waals surface area (Å²) in [7, 11) is 0. The van der Waals surface area contributed by atoms with Gasteiger partial charge in [-0.3, -0.25) is 14.8 Å². The highest BCUT2D eigenvalue weighted by atomic mass is 19.1. The Morgan fingerprint density at radius 3 is 2.28 bits per heavy atom. The van der Waals surface area contributed by atoms with Crippen LogP contribution in [0.1, 0.15) is 15.9 Å². The lowest BCUT2D eigenvalue weighted by molar-refractivity contribution is 0.0951. The number of amides is 1. The average molecular weight is 384 g/mol. The molecule has 2 aromatic heterocycles. The molecule has 142 valence electrons. The number of hydrogen-bond donors (Lipinski definition) is 1. The van der Waals surface area contributed by atoms with Gasteiger partial charge >= 0.3 is 0 Å². The molecule has 5 nitrogen and oxygen atoms in total. The zero-order valence-electron chi connectivity index (χ0n) is 15.4. The summed E-state index contributed by atoms with van der Waals surface area (Å²) in [6.45, 7) is 0.399. The van der Waals surface area contributed by atoms with E-state index in [9.17, 15) is 9.18 Å². The molecule has 6 heteroatoms. The number of rotatable bonds is 5.